The summed E-state index contributed by atoms with van der Waals surface area (Å²) in [5, 5.41) is 13.2. The summed E-state index contributed by atoms with van der Waals surface area (Å²) in [6.45, 7) is -0.324. The second-order valence-electron chi connectivity index (χ2n) is 8.25. The van der Waals surface area contributed by atoms with Crippen molar-refractivity contribution >= 4 is 18.0 Å². The standard InChI is InChI=1S/C24H24F2N2O5/c25-24(26)19(21(24)22(31)27-11-5-10-20(29)30)12-28-23(32)33-13-18-16-8-3-1-6-14(16)15-7-2-4-9-17(15)18/h1-4,6-9,18-19,21H,5,10-13H2,(H,27,31)(H,28,32)(H,29,30). The summed E-state index contributed by atoms with van der Waals surface area (Å²) in [5.41, 5.74) is 4.24. The van der Waals surface area contributed by atoms with Gasteiger partial charge in [0.15, 0.2) is 0 Å². The highest BCUT2D eigenvalue weighted by atomic mass is 19.3. The average molecular weight is 458 g/mol. The lowest BCUT2D eigenvalue weighted by Gasteiger charge is -2.14. The van der Waals surface area contributed by atoms with Crippen molar-refractivity contribution in [2.24, 2.45) is 11.8 Å². The molecule has 0 heterocycles. The number of halogens is 2. The summed E-state index contributed by atoms with van der Waals surface area (Å²) in [6, 6.07) is 15.7. The summed E-state index contributed by atoms with van der Waals surface area (Å²) in [4.78, 5) is 34.6. The quantitative estimate of drug-likeness (QED) is 0.500. The lowest BCUT2D eigenvalue weighted by atomic mass is 9.98. The number of rotatable bonds is 9. The zero-order valence-corrected chi connectivity index (χ0v) is 17.7. The molecule has 2 aliphatic carbocycles. The lowest BCUT2D eigenvalue weighted by molar-refractivity contribution is -0.137. The second-order valence-corrected chi connectivity index (χ2v) is 8.25. The van der Waals surface area contributed by atoms with Gasteiger partial charge in [-0.1, -0.05) is 48.5 Å². The molecule has 2 atom stereocenters. The summed E-state index contributed by atoms with van der Waals surface area (Å²) in [5.74, 6) is -8.10. The number of hydrogen-bond acceptors (Lipinski definition) is 4. The molecule has 33 heavy (non-hydrogen) atoms. The maximum absolute atomic E-state index is 14.0. The Morgan fingerprint density at radius 2 is 1.58 bits per heavy atom. The van der Waals surface area contributed by atoms with Crippen LogP contribution in [-0.4, -0.2) is 48.7 Å². The van der Waals surface area contributed by atoms with Crippen molar-refractivity contribution in [3.8, 4) is 11.1 Å². The number of ether oxygens (including phenoxy) is 1. The zero-order chi connectivity index (χ0) is 23.6. The number of carbonyl (C=O) groups is 3. The average Bonchev–Trinajstić information content (AvgIpc) is 3.20. The van der Waals surface area contributed by atoms with E-state index in [4.69, 9.17) is 9.84 Å². The first kappa shape index (κ1) is 22.7. The van der Waals surface area contributed by atoms with Crippen molar-refractivity contribution < 1.29 is 33.0 Å². The van der Waals surface area contributed by atoms with E-state index in [2.05, 4.69) is 10.6 Å². The van der Waals surface area contributed by atoms with E-state index < -0.39 is 42.3 Å². The van der Waals surface area contributed by atoms with Gasteiger partial charge < -0.3 is 20.5 Å². The van der Waals surface area contributed by atoms with Gasteiger partial charge in [0.1, 0.15) is 12.5 Å². The van der Waals surface area contributed by atoms with Crippen LogP contribution in [0.25, 0.3) is 11.1 Å². The topological polar surface area (TPSA) is 105 Å². The molecule has 0 bridgehead atoms. The van der Waals surface area contributed by atoms with Crippen LogP contribution >= 0.6 is 0 Å². The van der Waals surface area contributed by atoms with Gasteiger partial charge in [0.05, 0.1) is 5.92 Å². The van der Waals surface area contributed by atoms with Crippen molar-refractivity contribution in [3.63, 3.8) is 0 Å². The van der Waals surface area contributed by atoms with Gasteiger partial charge in [-0.25, -0.2) is 13.6 Å². The number of benzene rings is 2. The molecule has 4 rings (SSSR count). The predicted molar refractivity (Wildman–Crippen MR) is 115 cm³/mol. The molecule has 2 unspecified atom stereocenters. The van der Waals surface area contributed by atoms with E-state index in [1.165, 1.54) is 0 Å². The van der Waals surface area contributed by atoms with Gasteiger partial charge in [-0.05, 0) is 28.7 Å². The first-order chi connectivity index (χ1) is 15.8. The van der Waals surface area contributed by atoms with Crippen LogP contribution in [0.1, 0.15) is 29.9 Å². The van der Waals surface area contributed by atoms with Gasteiger partial charge in [0, 0.05) is 25.4 Å². The van der Waals surface area contributed by atoms with E-state index in [9.17, 15) is 23.2 Å². The van der Waals surface area contributed by atoms with Gasteiger partial charge in [-0.2, -0.15) is 0 Å². The molecule has 7 nitrogen and oxygen atoms in total. The molecular formula is C24H24F2N2O5. The number of fused-ring (bicyclic) bond motifs is 3. The molecule has 0 radical (unpaired) electrons. The summed E-state index contributed by atoms with van der Waals surface area (Å²) in [6.07, 6.45) is -0.823. The maximum Gasteiger partial charge on any atom is 0.407 e. The van der Waals surface area contributed by atoms with Crippen LogP contribution in [0.5, 0.6) is 0 Å². The minimum absolute atomic E-state index is 0.00421. The predicted octanol–water partition coefficient (Wildman–Crippen LogP) is 3.39. The fourth-order valence-corrected chi connectivity index (χ4v) is 4.41. The Kier molecular flexibility index (Phi) is 6.31. The molecule has 0 aliphatic heterocycles. The van der Waals surface area contributed by atoms with E-state index in [0.29, 0.717) is 0 Å². The lowest BCUT2D eigenvalue weighted by Crippen LogP contribution is -2.31. The van der Waals surface area contributed by atoms with Crippen molar-refractivity contribution in [3.05, 3.63) is 59.7 Å². The van der Waals surface area contributed by atoms with Crippen LogP contribution in [-0.2, 0) is 14.3 Å². The molecule has 2 aromatic rings. The van der Waals surface area contributed by atoms with Gasteiger partial charge in [-0.3, -0.25) is 9.59 Å². The monoisotopic (exact) mass is 458 g/mol. The number of aliphatic carboxylic acids is 1. The van der Waals surface area contributed by atoms with Crippen LogP contribution in [0.2, 0.25) is 0 Å². The fraction of sp³-hybridized carbons (Fsp3) is 0.375. The second kappa shape index (κ2) is 9.17. The first-order valence-corrected chi connectivity index (χ1v) is 10.8. The smallest absolute Gasteiger partial charge is 0.407 e. The van der Waals surface area contributed by atoms with Crippen LogP contribution in [0.4, 0.5) is 13.6 Å². The molecule has 0 aromatic heterocycles. The Hall–Kier alpha value is -3.49. The van der Waals surface area contributed by atoms with Gasteiger partial charge in [0.25, 0.3) is 5.92 Å². The van der Waals surface area contributed by atoms with Crippen molar-refractivity contribution in [1.82, 2.24) is 10.6 Å². The third-order valence-electron chi connectivity index (χ3n) is 6.16. The molecule has 1 saturated carbocycles. The number of alkyl halides is 2. The Bertz CT molecular complexity index is 1030. The van der Waals surface area contributed by atoms with Crippen molar-refractivity contribution in [2.45, 2.75) is 24.7 Å². The maximum atomic E-state index is 14.0. The Morgan fingerprint density at radius 1 is 0.970 bits per heavy atom. The number of carboxylic acids is 1. The summed E-state index contributed by atoms with van der Waals surface area (Å²) in [7, 11) is 0. The van der Waals surface area contributed by atoms with E-state index >= 15 is 0 Å². The van der Waals surface area contributed by atoms with Gasteiger partial charge >= 0.3 is 12.1 Å². The molecular weight excluding hydrogens is 434 g/mol. The molecule has 2 aliphatic rings. The van der Waals surface area contributed by atoms with E-state index in [-0.39, 0.29) is 31.9 Å². The molecule has 0 spiro atoms. The molecule has 174 valence electrons. The highest BCUT2D eigenvalue weighted by Crippen LogP contribution is 2.55. The Labute approximate surface area is 189 Å². The van der Waals surface area contributed by atoms with E-state index in [0.717, 1.165) is 22.3 Å². The van der Waals surface area contributed by atoms with E-state index in [1.54, 1.807) is 0 Å². The molecule has 0 saturated heterocycles. The molecule has 2 amide bonds. The number of amides is 2. The molecule has 1 fully saturated rings. The molecule has 2 aromatic carbocycles. The number of nitrogens with one attached hydrogen (secondary N) is 2. The minimum atomic E-state index is -3.23. The number of carbonyl (C=O) groups excluding carboxylic acids is 2. The van der Waals surface area contributed by atoms with Gasteiger partial charge in [0.2, 0.25) is 5.91 Å². The Morgan fingerprint density at radius 3 is 2.18 bits per heavy atom. The highest BCUT2D eigenvalue weighted by Gasteiger charge is 2.71. The van der Waals surface area contributed by atoms with Crippen LogP contribution in [0, 0.1) is 11.8 Å². The molecule has 9 heteroatoms. The van der Waals surface area contributed by atoms with Crippen LogP contribution in [0.15, 0.2) is 48.5 Å². The third-order valence-corrected chi connectivity index (χ3v) is 6.16. The van der Waals surface area contributed by atoms with Crippen LogP contribution < -0.4 is 10.6 Å². The van der Waals surface area contributed by atoms with Crippen molar-refractivity contribution in [2.75, 3.05) is 19.7 Å². The number of hydrogen-bond donors (Lipinski definition) is 3. The zero-order valence-electron chi connectivity index (χ0n) is 17.7. The van der Waals surface area contributed by atoms with Gasteiger partial charge in [-0.15, -0.1) is 0 Å². The highest BCUT2D eigenvalue weighted by molar-refractivity contribution is 5.84. The SMILES string of the molecule is O=C(O)CCCNC(=O)C1C(CNC(=O)OCC2c3ccccc3-c3ccccc32)C1(F)F. The molecule has 3 N–H and O–H groups in total. The largest absolute Gasteiger partial charge is 0.481 e. The summed E-state index contributed by atoms with van der Waals surface area (Å²) < 4.78 is 33.4. The minimum Gasteiger partial charge on any atom is -0.481 e. The van der Waals surface area contributed by atoms with Crippen molar-refractivity contribution in [1.29, 1.82) is 0 Å². The number of alkyl carbamates (subject to hydrolysis) is 1. The summed E-state index contributed by atoms with van der Waals surface area (Å²) >= 11 is 0. The first-order valence-electron chi connectivity index (χ1n) is 10.8. The fourth-order valence-electron chi connectivity index (χ4n) is 4.41. The number of carboxylic acid groups (broad SMARTS) is 1. The normalized spacial score (nSPS) is 19.8. The van der Waals surface area contributed by atoms with Crippen LogP contribution in [0.3, 0.4) is 0 Å². The van der Waals surface area contributed by atoms with E-state index in [1.807, 2.05) is 48.5 Å². The Balaban J connectivity index is 1.26. The third kappa shape index (κ3) is 4.67.